The molecule has 0 spiro atoms. The highest BCUT2D eigenvalue weighted by Crippen LogP contribution is 2.41. The first-order valence-corrected chi connectivity index (χ1v) is 8.76. The normalized spacial score (nSPS) is 26.4. The summed E-state index contributed by atoms with van der Waals surface area (Å²) in [4.78, 5) is 0.318. The van der Waals surface area contributed by atoms with Crippen molar-refractivity contribution in [3.8, 4) is 0 Å². The highest BCUT2D eigenvalue weighted by atomic mass is 35.5. The Balaban J connectivity index is 2.06. The molecule has 2 bridgehead atoms. The molecule has 2 N–H and O–H groups in total. The van der Waals surface area contributed by atoms with Gasteiger partial charge in [-0.25, -0.2) is 8.42 Å². The zero-order valence-corrected chi connectivity index (χ0v) is 13.0. The van der Waals surface area contributed by atoms with Crippen LogP contribution in [-0.2, 0) is 16.6 Å². The van der Waals surface area contributed by atoms with Crippen molar-refractivity contribution in [3.05, 3.63) is 28.3 Å². The lowest BCUT2D eigenvalue weighted by Crippen LogP contribution is -2.38. The molecule has 110 valence electrons. The molecule has 2 atom stereocenters. The van der Waals surface area contributed by atoms with Gasteiger partial charge in [0.15, 0.2) is 0 Å². The van der Waals surface area contributed by atoms with Gasteiger partial charge in [-0.1, -0.05) is 11.6 Å². The maximum absolute atomic E-state index is 12.9. The summed E-state index contributed by atoms with van der Waals surface area (Å²) in [7, 11) is -3.46. The van der Waals surface area contributed by atoms with Gasteiger partial charge in [-0.3, -0.25) is 0 Å². The Hall–Kier alpha value is -0.620. The van der Waals surface area contributed by atoms with Crippen molar-refractivity contribution in [2.75, 3.05) is 6.54 Å². The van der Waals surface area contributed by atoms with E-state index in [1.165, 1.54) is 0 Å². The predicted molar refractivity (Wildman–Crippen MR) is 79.1 cm³/mol. The van der Waals surface area contributed by atoms with E-state index in [0.29, 0.717) is 28.9 Å². The topological polar surface area (TPSA) is 63.4 Å². The van der Waals surface area contributed by atoms with E-state index in [2.05, 4.69) is 0 Å². The lowest BCUT2D eigenvalue weighted by atomic mass is 10.1. The lowest BCUT2D eigenvalue weighted by molar-refractivity contribution is 0.333. The van der Waals surface area contributed by atoms with Crippen LogP contribution < -0.4 is 5.73 Å². The Morgan fingerprint density at radius 3 is 2.70 bits per heavy atom. The highest BCUT2D eigenvalue weighted by Gasteiger charge is 2.44. The molecule has 0 aromatic heterocycles. The van der Waals surface area contributed by atoms with Crippen LogP contribution in [0, 0.1) is 12.8 Å². The molecule has 1 heterocycles. The van der Waals surface area contributed by atoms with Crippen LogP contribution in [0.15, 0.2) is 17.0 Å². The average Bonchev–Trinajstić information content (AvgIpc) is 3.03. The first-order valence-electron chi connectivity index (χ1n) is 6.94. The summed E-state index contributed by atoms with van der Waals surface area (Å²) >= 11 is 6.05. The highest BCUT2D eigenvalue weighted by molar-refractivity contribution is 7.89. The third kappa shape index (κ3) is 2.17. The minimum atomic E-state index is -3.46. The Morgan fingerprint density at radius 2 is 2.15 bits per heavy atom. The number of hydrogen-bond acceptors (Lipinski definition) is 3. The van der Waals surface area contributed by atoms with Gasteiger partial charge in [0.05, 0.1) is 4.90 Å². The fourth-order valence-corrected chi connectivity index (χ4v) is 5.83. The number of nitrogens with zero attached hydrogens (tertiary/aromatic N) is 1. The van der Waals surface area contributed by atoms with Crippen LogP contribution in [0.2, 0.25) is 5.02 Å². The lowest BCUT2D eigenvalue weighted by Gasteiger charge is -2.27. The Labute approximate surface area is 125 Å². The second-order valence-corrected chi connectivity index (χ2v) is 8.10. The van der Waals surface area contributed by atoms with Crippen LogP contribution in [0.5, 0.6) is 0 Å². The van der Waals surface area contributed by atoms with E-state index in [0.717, 1.165) is 30.4 Å². The predicted octanol–water partition coefficient (Wildman–Crippen LogP) is 2.28. The molecule has 3 rings (SSSR count). The first kappa shape index (κ1) is 14.3. The maximum Gasteiger partial charge on any atom is 0.243 e. The van der Waals surface area contributed by atoms with Crippen LogP contribution in [0.25, 0.3) is 0 Å². The molecular weight excluding hydrogens is 296 g/mol. The van der Waals surface area contributed by atoms with Gasteiger partial charge in [0, 0.05) is 24.2 Å². The van der Waals surface area contributed by atoms with Crippen molar-refractivity contribution in [2.45, 2.75) is 43.7 Å². The number of piperidine rings is 1. The standard InChI is InChI=1S/C14H19ClN2O2S/c1-9-11(7-16)5-12(15)6-14(9)20(18,19)17-8-10-2-3-13(17)4-10/h5-6,10,13H,2-4,7-8,16H2,1H3. The Bertz CT molecular complexity index is 645. The van der Waals surface area contributed by atoms with E-state index in [9.17, 15) is 8.42 Å². The average molecular weight is 315 g/mol. The van der Waals surface area contributed by atoms with Crippen molar-refractivity contribution in [2.24, 2.45) is 11.7 Å². The third-order valence-corrected chi connectivity index (χ3v) is 6.86. The van der Waals surface area contributed by atoms with Crippen LogP contribution in [0.3, 0.4) is 0 Å². The summed E-state index contributed by atoms with van der Waals surface area (Å²) in [6.45, 7) is 2.75. The molecule has 1 aliphatic heterocycles. The summed E-state index contributed by atoms with van der Waals surface area (Å²) < 4.78 is 27.5. The molecule has 6 heteroatoms. The first-order chi connectivity index (χ1) is 9.43. The van der Waals surface area contributed by atoms with Gasteiger partial charge in [0.2, 0.25) is 10.0 Å². The van der Waals surface area contributed by atoms with Crippen molar-refractivity contribution in [1.82, 2.24) is 4.31 Å². The van der Waals surface area contributed by atoms with E-state index >= 15 is 0 Å². The van der Waals surface area contributed by atoms with Gasteiger partial charge in [0.1, 0.15) is 0 Å². The fraction of sp³-hybridized carbons (Fsp3) is 0.571. The van der Waals surface area contributed by atoms with Crippen LogP contribution in [-0.4, -0.2) is 25.3 Å². The van der Waals surface area contributed by atoms with Gasteiger partial charge < -0.3 is 5.73 Å². The SMILES string of the molecule is Cc1c(CN)cc(Cl)cc1S(=O)(=O)N1CC2CCC1C2. The minimum absolute atomic E-state index is 0.171. The number of sulfonamides is 1. The third-order valence-electron chi connectivity index (χ3n) is 4.60. The summed E-state index contributed by atoms with van der Waals surface area (Å²) in [5, 5.41) is 0.430. The Morgan fingerprint density at radius 1 is 1.40 bits per heavy atom. The number of fused-ring (bicyclic) bond motifs is 2. The number of benzene rings is 1. The van der Waals surface area contributed by atoms with E-state index in [1.807, 2.05) is 0 Å². The van der Waals surface area contributed by atoms with Gasteiger partial charge in [0.25, 0.3) is 0 Å². The molecule has 1 saturated heterocycles. The molecule has 1 aromatic carbocycles. The van der Waals surface area contributed by atoms with Crippen molar-refractivity contribution < 1.29 is 8.42 Å². The van der Waals surface area contributed by atoms with E-state index in [1.54, 1.807) is 23.4 Å². The Kier molecular flexibility index (Phi) is 3.57. The van der Waals surface area contributed by atoms with Crippen molar-refractivity contribution in [3.63, 3.8) is 0 Å². The molecular formula is C14H19ClN2O2S. The van der Waals surface area contributed by atoms with Crippen LogP contribution in [0.1, 0.15) is 30.4 Å². The van der Waals surface area contributed by atoms with Gasteiger partial charge in [-0.2, -0.15) is 4.31 Å². The number of halogens is 1. The second kappa shape index (κ2) is 4.98. The fourth-order valence-electron chi connectivity index (χ4n) is 3.49. The van der Waals surface area contributed by atoms with Crippen molar-refractivity contribution >= 4 is 21.6 Å². The molecule has 2 aliphatic rings. The summed E-state index contributed by atoms with van der Waals surface area (Å²) in [6.07, 6.45) is 3.13. The molecule has 2 fully saturated rings. The molecule has 1 aromatic rings. The smallest absolute Gasteiger partial charge is 0.243 e. The summed E-state index contributed by atoms with van der Waals surface area (Å²) in [5.41, 5.74) is 7.19. The van der Waals surface area contributed by atoms with Crippen LogP contribution >= 0.6 is 11.6 Å². The number of rotatable bonds is 3. The minimum Gasteiger partial charge on any atom is -0.326 e. The largest absolute Gasteiger partial charge is 0.326 e. The van der Waals surface area contributed by atoms with Gasteiger partial charge in [-0.05, 0) is 55.4 Å². The summed E-state index contributed by atoms with van der Waals surface area (Å²) in [6, 6.07) is 3.47. The van der Waals surface area contributed by atoms with Gasteiger partial charge >= 0.3 is 0 Å². The monoisotopic (exact) mass is 314 g/mol. The van der Waals surface area contributed by atoms with Crippen LogP contribution in [0.4, 0.5) is 0 Å². The molecule has 0 amide bonds. The second-order valence-electron chi connectivity index (χ2n) is 5.80. The quantitative estimate of drug-likeness (QED) is 0.931. The van der Waals surface area contributed by atoms with E-state index < -0.39 is 10.0 Å². The van der Waals surface area contributed by atoms with E-state index in [-0.39, 0.29) is 6.04 Å². The molecule has 1 saturated carbocycles. The zero-order chi connectivity index (χ0) is 14.5. The molecule has 4 nitrogen and oxygen atoms in total. The van der Waals surface area contributed by atoms with E-state index in [4.69, 9.17) is 17.3 Å². The summed E-state index contributed by atoms with van der Waals surface area (Å²) in [5.74, 6) is 0.531. The maximum atomic E-state index is 12.9. The molecule has 20 heavy (non-hydrogen) atoms. The molecule has 2 unspecified atom stereocenters. The van der Waals surface area contributed by atoms with Gasteiger partial charge in [-0.15, -0.1) is 0 Å². The molecule has 0 radical (unpaired) electrons. The number of nitrogens with two attached hydrogens (primary N) is 1. The zero-order valence-electron chi connectivity index (χ0n) is 11.5. The molecule has 1 aliphatic carbocycles. The number of hydrogen-bond donors (Lipinski definition) is 1. The van der Waals surface area contributed by atoms with Crippen molar-refractivity contribution in [1.29, 1.82) is 0 Å².